The van der Waals surface area contributed by atoms with Gasteiger partial charge in [0.1, 0.15) is 0 Å². The molecule has 3 heteroatoms. The molecule has 1 aromatic rings. The smallest absolute Gasteiger partial charge is 0.0802 e. The Hall–Kier alpha value is -0.510. The van der Waals surface area contributed by atoms with E-state index in [1.165, 1.54) is 43.7 Å². The van der Waals surface area contributed by atoms with Crippen LogP contribution in [-0.4, -0.2) is 35.4 Å². The molecule has 0 aliphatic carbocycles. The van der Waals surface area contributed by atoms with Crippen molar-refractivity contribution < 1.29 is 5.11 Å². The highest BCUT2D eigenvalue weighted by Gasteiger charge is 2.13. The molecule has 1 heterocycles. The third kappa shape index (κ3) is 5.12. The first-order valence-electron chi connectivity index (χ1n) is 7.93. The summed E-state index contributed by atoms with van der Waals surface area (Å²) >= 11 is 1.89. The Morgan fingerprint density at radius 1 is 1.15 bits per heavy atom. The molecule has 1 N–H and O–H groups in total. The Morgan fingerprint density at radius 2 is 1.85 bits per heavy atom. The van der Waals surface area contributed by atoms with Gasteiger partial charge < -0.3 is 10.0 Å². The lowest BCUT2D eigenvalue weighted by Crippen LogP contribution is -2.31. The molecule has 0 amide bonds. The highest BCUT2D eigenvalue weighted by molar-refractivity contribution is 7.99. The molecule has 1 aromatic carbocycles. The maximum atomic E-state index is 10.3. The van der Waals surface area contributed by atoms with Crippen molar-refractivity contribution in [2.24, 2.45) is 0 Å². The van der Waals surface area contributed by atoms with E-state index in [1.807, 2.05) is 11.8 Å². The molecule has 0 radical (unpaired) electrons. The van der Waals surface area contributed by atoms with Crippen molar-refractivity contribution in [3.8, 4) is 0 Å². The van der Waals surface area contributed by atoms with Gasteiger partial charge in [-0.2, -0.15) is 0 Å². The predicted molar refractivity (Wildman–Crippen MR) is 87.3 cm³/mol. The Morgan fingerprint density at radius 3 is 2.50 bits per heavy atom. The molecule has 20 heavy (non-hydrogen) atoms. The van der Waals surface area contributed by atoms with Crippen molar-refractivity contribution in [1.29, 1.82) is 0 Å². The van der Waals surface area contributed by atoms with E-state index in [1.54, 1.807) is 0 Å². The van der Waals surface area contributed by atoms with Gasteiger partial charge in [-0.15, -0.1) is 11.8 Å². The van der Waals surface area contributed by atoms with Gasteiger partial charge in [-0.05, 0) is 62.2 Å². The quantitative estimate of drug-likeness (QED) is 0.766. The highest BCUT2D eigenvalue weighted by atomic mass is 32.2. The summed E-state index contributed by atoms with van der Waals surface area (Å²) in [5, 5.41) is 10.3. The van der Waals surface area contributed by atoms with Crippen molar-refractivity contribution >= 4 is 11.8 Å². The van der Waals surface area contributed by atoms with Crippen LogP contribution in [0.4, 0.5) is 0 Å². The van der Waals surface area contributed by atoms with E-state index in [0.29, 0.717) is 0 Å². The summed E-state index contributed by atoms with van der Waals surface area (Å²) in [4.78, 5) is 3.79. The predicted octanol–water partition coefficient (Wildman–Crippen LogP) is 4.10. The van der Waals surface area contributed by atoms with E-state index in [4.69, 9.17) is 0 Å². The van der Waals surface area contributed by atoms with Crippen LogP contribution in [0.2, 0.25) is 0 Å². The summed E-state index contributed by atoms with van der Waals surface area (Å²) < 4.78 is 0. The average molecular weight is 293 g/mol. The molecule has 1 saturated heterocycles. The van der Waals surface area contributed by atoms with Gasteiger partial charge in [0.05, 0.1) is 6.10 Å². The number of piperidine rings is 1. The van der Waals surface area contributed by atoms with E-state index in [-0.39, 0.29) is 6.10 Å². The molecule has 112 valence electrons. The van der Waals surface area contributed by atoms with Crippen LogP contribution in [0.5, 0.6) is 0 Å². The maximum absolute atomic E-state index is 10.3. The molecule has 2 rings (SSSR count). The summed E-state index contributed by atoms with van der Waals surface area (Å²) in [6, 6.07) is 8.44. The number of likely N-dealkylation sites (tertiary alicyclic amines) is 1. The molecule has 1 unspecified atom stereocenters. The topological polar surface area (TPSA) is 23.5 Å². The third-order valence-electron chi connectivity index (χ3n) is 3.91. The monoisotopic (exact) mass is 293 g/mol. The van der Waals surface area contributed by atoms with Crippen LogP contribution in [-0.2, 0) is 0 Å². The standard InChI is InChI=1S/C17H27NOS/c1-2-14-20-16-8-6-15(7-9-16)17(19)10-13-18-11-4-3-5-12-18/h6-9,17,19H,2-5,10-14H2,1H3. The van der Waals surface area contributed by atoms with Crippen LogP contribution < -0.4 is 0 Å². The van der Waals surface area contributed by atoms with Crippen molar-refractivity contribution in [2.45, 2.75) is 50.0 Å². The molecule has 0 saturated carbocycles. The van der Waals surface area contributed by atoms with Crippen LogP contribution in [0.25, 0.3) is 0 Å². The summed E-state index contributed by atoms with van der Waals surface area (Å²) in [5.41, 5.74) is 1.06. The minimum absolute atomic E-state index is 0.317. The summed E-state index contributed by atoms with van der Waals surface area (Å²) in [7, 11) is 0. The SMILES string of the molecule is CCCSc1ccc(C(O)CCN2CCCCC2)cc1. The number of thioether (sulfide) groups is 1. The zero-order valence-electron chi connectivity index (χ0n) is 12.6. The minimum atomic E-state index is -0.317. The fourth-order valence-corrected chi connectivity index (χ4v) is 3.43. The fraction of sp³-hybridized carbons (Fsp3) is 0.647. The lowest BCUT2D eigenvalue weighted by molar-refractivity contribution is 0.134. The van der Waals surface area contributed by atoms with Crippen LogP contribution in [0.3, 0.4) is 0 Å². The Labute approximate surface area is 127 Å². The van der Waals surface area contributed by atoms with Crippen LogP contribution in [0.1, 0.15) is 50.7 Å². The number of hydrogen-bond acceptors (Lipinski definition) is 3. The van der Waals surface area contributed by atoms with Gasteiger partial charge in [0.25, 0.3) is 0 Å². The molecule has 2 nitrogen and oxygen atoms in total. The van der Waals surface area contributed by atoms with E-state index in [2.05, 4.69) is 36.1 Å². The maximum Gasteiger partial charge on any atom is 0.0802 e. The van der Waals surface area contributed by atoms with Crippen molar-refractivity contribution in [3.63, 3.8) is 0 Å². The molecule has 0 aromatic heterocycles. The van der Waals surface area contributed by atoms with E-state index in [0.717, 1.165) is 24.3 Å². The van der Waals surface area contributed by atoms with Gasteiger partial charge in [0.15, 0.2) is 0 Å². The lowest BCUT2D eigenvalue weighted by Gasteiger charge is -2.27. The first kappa shape index (κ1) is 15.9. The van der Waals surface area contributed by atoms with Gasteiger partial charge in [-0.25, -0.2) is 0 Å². The van der Waals surface area contributed by atoms with Crippen molar-refractivity contribution in [2.75, 3.05) is 25.4 Å². The van der Waals surface area contributed by atoms with Gasteiger partial charge in [0.2, 0.25) is 0 Å². The summed E-state index contributed by atoms with van der Waals surface area (Å²) in [6.07, 6.45) is 5.74. The second-order valence-corrected chi connectivity index (χ2v) is 6.79. The van der Waals surface area contributed by atoms with Crippen LogP contribution in [0, 0.1) is 0 Å². The molecule has 1 aliphatic heterocycles. The Kier molecular flexibility index (Phi) is 6.91. The number of benzene rings is 1. The third-order valence-corrected chi connectivity index (χ3v) is 5.12. The van der Waals surface area contributed by atoms with Gasteiger partial charge >= 0.3 is 0 Å². The van der Waals surface area contributed by atoms with Crippen LogP contribution in [0.15, 0.2) is 29.2 Å². The number of nitrogens with zero attached hydrogens (tertiary/aromatic N) is 1. The molecular weight excluding hydrogens is 266 g/mol. The van der Waals surface area contributed by atoms with Crippen molar-refractivity contribution in [3.05, 3.63) is 29.8 Å². The van der Waals surface area contributed by atoms with E-state index >= 15 is 0 Å². The summed E-state index contributed by atoms with van der Waals surface area (Å²) in [6.45, 7) is 5.64. The van der Waals surface area contributed by atoms with E-state index < -0.39 is 0 Å². The number of hydrogen-bond donors (Lipinski definition) is 1. The Balaban J connectivity index is 1.77. The molecular formula is C17H27NOS. The number of aliphatic hydroxyl groups is 1. The van der Waals surface area contributed by atoms with Gasteiger partial charge in [-0.3, -0.25) is 0 Å². The second-order valence-electron chi connectivity index (χ2n) is 5.62. The molecule has 0 bridgehead atoms. The van der Waals surface area contributed by atoms with Crippen molar-refractivity contribution in [1.82, 2.24) is 4.90 Å². The average Bonchev–Trinajstić information content (AvgIpc) is 2.52. The Bertz CT molecular complexity index is 373. The molecule has 1 aliphatic rings. The summed E-state index contributed by atoms with van der Waals surface area (Å²) in [5.74, 6) is 1.16. The van der Waals surface area contributed by atoms with E-state index in [9.17, 15) is 5.11 Å². The lowest BCUT2D eigenvalue weighted by atomic mass is 10.1. The zero-order valence-corrected chi connectivity index (χ0v) is 13.4. The number of rotatable bonds is 7. The first-order chi connectivity index (χ1) is 9.79. The zero-order chi connectivity index (χ0) is 14.2. The minimum Gasteiger partial charge on any atom is -0.388 e. The normalized spacial score (nSPS) is 18.1. The van der Waals surface area contributed by atoms with Crippen LogP contribution >= 0.6 is 11.8 Å². The molecule has 1 atom stereocenters. The second kappa shape index (κ2) is 8.71. The van der Waals surface area contributed by atoms with Gasteiger partial charge in [0, 0.05) is 11.4 Å². The highest BCUT2D eigenvalue weighted by Crippen LogP contribution is 2.23. The largest absolute Gasteiger partial charge is 0.388 e. The number of aliphatic hydroxyl groups excluding tert-OH is 1. The fourth-order valence-electron chi connectivity index (χ4n) is 2.66. The molecule has 1 fully saturated rings. The molecule has 0 spiro atoms. The first-order valence-corrected chi connectivity index (χ1v) is 8.91. The van der Waals surface area contributed by atoms with Gasteiger partial charge in [-0.1, -0.05) is 25.5 Å².